The predicted molar refractivity (Wildman–Crippen MR) is 79.4 cm³/mol. The minimum absolute atomic E-state index is 0.231. The van der Waals surface area contributed by atoms with Gasteiger partial charge in [0, 0.05) is 0 Å². The minimum Gasteiger partial charge on any atom is -0.393 e. The lowest BCUT2D eigenvalue weighted by molar-refractivity contribution is 0.0701. The summed E-state index contributed by atoms with van der Waals surface area (Å²) in [4.78, 5) is 0. The van der Waals surface area contributed by atoms with Crippen molar-refractivity contribution in [2.24, 2.45) is 23.2 Å². The third-order valence-corrected chi connectivity index (χ3v) is 4.88. The van der Waals surface area contributed by atoms with Crippen LogP contribution < -0.4 is 0 Å². The van der Waals surface area contributed by atoms with Gasteiger partial charge in [-0.3, -0.25) is 0 Å². The molecule has 0 saturated heterocycles. The highest BCUT2D eigenvalue weighted by atomic mass is 16.3. The van der Waals surface area contributed by atoms with Gasteiger partial charge in [-0.15, -0.1) is 13.2 Å². The summed E-state index contributed by atoms with van der Waals surface area (Å²) in [6, 6.07) is 0. The maximum absolute atomic E-state index is 10.1. The molecule has 1 heteroatoms. The van der Waals surface area contributed by atoms with E-state index in [1.54, 1.807) is 0 Å². The van der Waals surface area contributed by atoms with Crippen LogP contribution in [-0.2, 0) is 0 Å². The fourth-order valence-electron chi connectivity index (χ4n) is 3.90. The Hall–Kier alpha value is -0.560. The molecule has 1 N–H and O–H groups in total. The van der Waals surface area contributed by atoms with E-state index in [9.17, 15) is 5.11 Å². The molecule has 104 valence electrons. The molecule has 1 nitrogen and oxygen atoms in total. The minimum atomic E-state index is -0.231. The maximum Gasteiger partial charge on any atom is 0.0579 e. The van der Waals surface area contributed by atoms with Crippen LogP contribution in [-0.4, -0.2) is 11.2 Å². The summed E-state index contributed by atoms with van der Waals surface area (Å²) in [6.45, 7) is 14.6. The van der Waals surface area contributed by atoms with Crippen molar-refractivity contribution in [3.8, 4) is 0 Å². The highest BCUT2D eigenvalue weighted by molar-refractivity contribution is 4.98. The summed E-state index contributed by atoms with van der Waals surface area (Å²) in [6.07, 6.45) is 8.89. The SMILES string of the molecule is C=CCC(O)C[C@]1(C)CC[C@@H](C(C)C)C1CC=C. The number of hydrogen-bond acceptors (Lipinski definition) is 1. The van der Waals surface area contributed by atoms with E-state index in [0.717, 1.165) is 24.7 Å². The molecule has 0 aliphatic heterocycles. The fraction of sp³-hybridized carbons (Fsp3) is 0.765. The number of rotatable bonds is 7. The van der Waals surface area contributed by atoms with Crippen LogP contribution in [0.2, 0.25) is 0 Å². The molecule has 0 aromatic rings. The highest BCUT2D eigenvalue weighted by Gasteiger charge is 2.45. The van der Waals surface area contributed by atoms with Crippen LogP contribution in [0, 0.1) is 23.2 Å². The van der Waals surface area contributed by atoms with Crippen LogP contribution in [0.1, 0.15) is 52.9 Å². The van der Waals surface area contributed by atoms with Crippen LogP contribution in [0.15, 0.2) is 25.3 Å². The standard InChI is InChI=1S/C17H30O/c1-6-8-14(18)12-17(5)11-10-15(13(3)4)16(17)9-7-2/h6-7,13-16,18H,1-2,8-12H2,3-5H3/t14?,15-,16?,17-/m0/s1. The monoisotopic (exact) mass is 250 g/mol. The van der Waals surface area contributed by atoms with Crippen molar-refractivity contribution in [3.63, 3.8) is 0 Å². The van der Waals surface area contributed by atoms with Crippen molar-refractivity contribution in [2.75, 3.05) is 0 Å². The molecule has 1 fully saturated rings. The van der Waals surface area contributed by atoms with Crippen molar-refractivity contribution in [1.29, 1.82) is 0 Å². The Labute approximate surface area is 113 Å². The van der Waals surface area contributed by atoms with Gasteiger partial charge in [-0.2, -0.15) is 0 Å². The summed E-state index contributed by atoms with van der Waals surface area (Å²) in [5, 5.41) is 10.1. The first-order chi connectivity index (χ1) is 8.44. The largest absolute Gasteiger partial charge is 0.393 e. The quantitative estimate of drug-likeness (QED) is 0.656. The fourth-order valence-corrected chi connectivity index (χ4v) is 3.90. The summed E-state index contributed by atoms with van der Waals surface area (Å²) < 4.78 is 0. The molecule has 0 heterocycles. The van der Waals surface area contributed by atoms with Crippen LogP contribution in [0.4, 0.5) is 0 Å². The van der Waals surface area contributed by atoms with Gasteiger partial charge < -0.3 is 5.11 Å². The second kappa shape index (κ2) is 6.56. The maximum atomic E-state index is 10.1. The third kappa shape index (κ3) is 3.47. The second-order valence-electron chi connectivity index (χ2n) is 6.61. The van der Waals surface area contributed by atoms with E-state index in [1.165, 1.54) is 12.8 Å². The molecular weight excluding hydrogens is 220 g/mol. The van der Waals surface area contributed by atoms with Gasteiger partial charge in [0.2, 0.25) is 0 Å². The van der Waals surface area contributed by atoms with E-state index in [0.29, 0.717) is 12.3 Å². The molecule has 4 atom stereocenters. The van der Waals surface area contributed by atoms with Gasteiger partial charge in [0.05, 0.1) is 6.10 Å². The van der Waals surface area contributed by atoms with E-state index < -0.39 is 0 Å². The van der Waals surface area contributed by atoms with Gasteiger partial charge in [0.25, 0.3) is 0 Å². The first-order valence-corrected chi connectivity index (χ1v) is 7.34. The Bertz CT molecular complexity index is 281. The molecule has 18 heavy (non-hydrogen) atoms. The number of aliphatic hydroxyl groups is 1. The van der Waals surface area contributed by atoms with Gasteiger partial charge in [0.15, 0.2) is 0 Å². The lowest BCUT2D eigenvalue weighted by atomic mass is 9.69. The first-order valence-electron chi connectivity index (χ1n) is 7.34. The Morgan fingerprint density at radius 1 is 1.33 bits per heavy atom. The van der Waals surface area contributed by atoms with Gasteiger partial charge in [-0.05, 0) is 55.3 Å². The van der Waals surface area contributed by atoms with E-state index in [1.807, 2.05) is 6.08 Å². The lowest BCUT2D eigenvalue weighted by Gasteiger charge is -2.36. The zero-order chi connectivity index (χ0) is 13.8. The average Bonchev–Trinajstić information content (AvgIpc) is 2.57. The van der Waals surface area contributed by atoms with E-state index in [2.05, 4.69) is 40.0 Å². The number of allylic oxidation sites excluding steroid dienone is 1. The Morgan fingerprint density at radius 2 is 2.00 bits per heavy atom. The molecule has 0 amide bonds. The highest BCUT2D eigenvalue weighted by Crippen LogP contribution is 2.53. The van der Waals surface area contributed by atoms with Crippen LogP contribution in [0.5, 0.6) is 0 Å². The zero-order valence-electron chi connectivity index (χ0n) is 12.4. The predicted octanol–water partition coefficient (Wildman–Crippen LogP) is 4.58. The number of hydrogen-bond donors (Lipinski definition) is 1. The average molecular weight is 250 g/mol. The van der Waals surface area contributed by atoms with Gasteiger partial charge in [0.1, 0.15) is 0 Å². The Balaban J connectivity index is 2.78. The smallest absolute Gasteiger partial charge is 0.0579 e. The van der Waals surface area contributed by atoms with Crippen molar-refractivity contribution < 1.29 is 5.11 Å². The summed E-state index contributed by atoms with van der Waals surface area (Å²) in [7, 11) is 0. The molecule has 2 unspecified atom stereocenters. The molecular formula is C17H30O. The summed E-state index contributed by atoms with van der Waals surface area (Å²) in [5.74, 6) is 2.19. The van der Waals surface area contributed by atoms with Crippen LogP contribution >= 0.6 is 0 Å². The van der Waals surface area contributed by atoms with Crippen molar-refractivity contribution >= 4 is 0 Å². The molecule has 1 aliphatic carbocycles. The molecule has 0 spiro atoms. The zero-order valence-corrected chi connectivity index (χ0v) is 12.4. The van der Waals surface area contributed by atoms with Crippen LogP contribution in [0.25, 0.3) is 0 Å². The van der Waals surface area contributed by atoms with Crippen molar-refractivity contribution in [3.05, 3.63) is 25.3 Å². The molecule has 0 bridgehead atoms. The van der Waals surface area contributed by atoms with E-state index in [-0.39, 0.29) is 11.5 Å². The first kappa shape index (κ1) is 15.5. The van der Waals surface area contributed by atoms with E-state index in [4.69, 9.17) is 0 Å². The Kier molecular flexibility index (Phi) is 5.65. The number of aliphatic hydroxyl groups excluding tert-OH is 1. The van der Waals surface area contributed by atoms with E-state index >= 15 is 0 Å². The molecule has 1 rings (SSSR count). The summed E-state index contributed by atoms with van der Waals surface area (Å²) >= 11 is 0. The normalized spacial score (nSPS) is 33.6. The Morgan fingerprint density at radius 3 is 2.50 bits per heavy atom. The molecule has 0 radical (unpaired) electrons. The topological polar surface area (TPSA) is 20.2 Å². The molecule has 1 saturated carbocycles. The van der Waals surface area contributed by atoms with Crippen molar-refractivity contribution in [1.82, 2.24) is 0 Å². The van der Waals surface area contributed by atoms with Crippen LogP contribution in [0.3, 0.4) is 0 Å². The van der Waals surface area contributed by atoms with Crippen molar-refractivity contribution in [2.45, 2.75) is 59.0 Å². The summed E-state index contributed by atoms with van der Waals surface area (Å²) in [5.41, 5.74) is 0.269. The lowest BCUT2D eigenvalue weighted by Crippen LogP contribution is -2.31. The molecule has 0 aromatic heterocycles. The third-order valence-electron chi connectivity index (χ3n) is 4.88. The van der Waals surface area contributed by atoms with Gasteiger partial charge >= 0.3 is 0 Å². The molecule has 0 aromatic carbocycles. The van der Waals surface area contributed by atoms with Gasteiger partial charge in [-0.1, -0.05) is 32.9 Å². The van der Waals surface area contributed by atoms with Gasteiger partial charge in [-0.25, -0.2) is 0 Å². The second-order valence-corrected chi connectivity index (χ2v) is 6.61. The molecule has 1 aliphatic rings.